The molecular weight excluding hydrogens is 246 g/mol. The minimum atomic E-state index is -0.711. The predicted molar refractivity (Wildman–Crippen MR) is 71.6 cm³/mol. The van der Waals surface area contributed by atoms with Crippen LogP contribution in [0.15, 0.2) is 0 Å². The zero-order valence-electron chi connectivity index (χ0n) is 12.3. The molecule has 110 valence electrons. The lowest BCUT2D eigenvalue weighted by atomic mass is 9.76. The van der Waals surface area contributed by atoms with Crippen LogP contribution in [0.25, 0.3) is 0 Å². The second kappa shape index (κ2) is 6.89. The molecule has 0 aliphatic heterocycles. The quantitative estimate of drug-likeness (QED) is 0.772. The summed E-state index contributed by atoms with van der Waals surface area (Å²) < 4.78 is 10.4. The van der Waals surface area contributed by atoms with Gasteiger partial charge in [0.25, 0.3) is 0 Å². The summed E-state index contributed by atoms with van der Waals surface area (Å²) in [5.41, 5.74) is 0.388. The van der Waals surface area contributed by atoms with Crippen LogP contribution in [-0.4, -0.2) is 37.7 Å². The van der Waals surface area contributed by atoms with E-state index in [1.165, 1.54) is 14.0 Å². The Hall–Kier alpha value is -1.10. The summed E-state index contributed by atoms with van der Waals surface area (Å²) >= 11 is 0. The van der Waals surface area contributed by atoms with Crippen molar-refractivity contribution < 1.29 is 19.1 Å². The molecule has 1 rings (SSSR count). The van der Waals surface area contributed by atoms with Crippen LogP contribution in [0.3, 0.4) is 0 Å². The average molecular weight is 271 g/mol. The summed E-state index contributed by atoms with van der Waals surface area (Å²) in [7, 11) is 1.31. The highest BCUT2D eigenvalue weighted by atomic mass is 16.5. The summed E-state index contributed by atoms with van der Waals surface area (Å²) in [5, 5.41) is 2.55. The van der Waals surface area contributed by atoms with Crippen molar-refractivity contribution in [3.63, 3.8) is 0 Å². The Bertz CT molecular complexity index is 317. The molecule has 19 heavy (non-hydrogen) atoms. The van der Waals surface area contributed by atoms with E-state index in [9.17, 15) is 9.59 Å². The van der Waals surface area contributed by atoms with Crippen LogP contribution in [0.5, 0.6) is 0 Å². The molecule has 0 aromatic rings. The van der Waals surface area contributed by atoms with Crippen LogP contribution >= 0.6 is 0 Å². The molecule has 1 N–H and O–H groups in total. The van der Waals surface area contributed by atoms with Gasteiger partial charge < -0.3 is 14.8 Å². The summed E-state index contributed by atoms with van der Waals surface area (Å²) in [4.78, 5) is 22.5. The largest absolute Gasteiger partial charge is 0.467 e. The normalized spacial score (nSPS) is 20.6. The van der Waals surface area contributed by atoms with Gasteiger partial charge in [-0.1, -0.05) is 13.8 Å². The standard InChI is InChI=1S/C14H25NO4/c1-10(16)15-12(13(17)18-4)9-19-11-5-7-14(2,3)8-6-11/h11-12H,5-9H2,1-4H3,(H,15,16). The van der Waals surface area contributed by atoms with Gasteiger partial charge in [-0.2, -0.15) is 0 Å². The van der Waals surface area contributed by atoms with E-state index in [2.05, 4.69) is 23.9 Å². The lowest BCUT2D eigenvalue weighted by Gasteiger charge is -2.34. The van der Waals surface area contributed by atoms with E-state index in [-0.39, 0.29) is 18.6 Å². The predicted octanol–water partition coefficient (Wildman–Crippen LogP) is 1.65. The van der Waals surface area contributed by atoms with Gasteiger partial charge in [-0.05, 0) is 31.1 Å². The molecule has 0 bridgehead atoms. The second-order valence-electron chi connectivity index (χ2n) is 5.97. The maximum atomic E-state index is 11.5. The molecule has 1 aliphatic carbocycles. The third kappa shape index (κ3) is 5.59. The molecule has 0 heterocycles. The van der Waals surface area contributed by atoms with E-state index in [0.717, 1.165) is 25.7 Å². The van der Waals surface area contributed by atoms with Gasteiger partial charge in [0.2, 0.25) is 5.91 Å². The van der Waals surface area contributed by atoms with Gasteiger partial charge in [0.1, 0.15) is 0 Å². The molecule has 5 nitrogen and oxygen atoms in total. The van der Waals surface area contributed by atoms with Crippen LogP contribution < -0.4 is 5.32 Å². The lowest BCUT2D eigenvalue weighted by molar-refractivity contribution is -0.147. The number of nitrogens with one attached hydrogen (secondary N) is 1. The average Bonchev–Trinajstić information content (AvgIpc) is 2.34. The Morgan fingerprint density at radius 1 is 1.32 bits per heavy atom. The van der Waals surface area contributed by atoms with E-state index in [1.54, 1.807) is 0 Å². The van der Waals surface area contributed by atoms with Gasteiger partial charge in [-0.25, -0.2) is 4.79 Å². The first-order valence-electron chi connectivity index (χ1n) is 6.80. The molecular formula is C14H25NO4. The Morgan fingerprint density at radius 3 is 2.37 bits per heavy atom. The molecule has 0 saturated heterocycles. The molecule has 1 unspecified atom stereocenters. The number of rotatable bonds is 5. The van der Waals surface area contributed by atoms with E-state index < -0.39 is 12.0 Å². The molecule has 1 atom stereocenters. The van der Waals surface area contributed by atoms with Crippen molar-refractivity contribution in [2.24, 2.45) is 5.41 Å². The SMILES string of the molecule is COC(=O)C(COC1CCC(C)(C)CC1)NC(C)=O. The molecule has 1 saturated carbocycles. The maximum absolute atomic E-state index is 11.5. The molecule has 5 heteroatoms. The highest BCUT2D eigenvalue weighted by molar-refractivity contribution is 5.83. The van der Waals surface area contributed by atoms with Crippen molar-refractivity contribution in [2.45, 2.75) is 58.6 Å². The number of carbonyl (C=O) groups excluding carboxylic acids is 2. The Kier molecular flexibility index (Phi) is 5.79. The van der Waals surface area contributed by atoms with Gasteiger partial charge in [0.15, 0.2) is 6.04 Å². The van der Waals surface area contributed by atoms with Crippen LogP contribution in [0.2, 0.25) is 0 Å². The molecule has 1 amide bonds. The lowest BCUT2D eigenvalue weighted by Crippen LogP contribution is -2.44. The minimum absolute atomic E-state index is 0.175. The fourth-order valence-electron chi connectivity index (χ4n) is 2.33. The fraction of sp³-hybridized carbons (Fsp3) is 0.857. The fourth-order valence-corrected chi connectivity index (χ4v) is 2.33. The van der Waals surface area contributed by atoms with Crippen LogP contribution in [0.4, 0.5) is 0 Å². The number of methoxy groups -OCH3 is 1. The van der Waals surface area contributed by atoms with Crippen molar-refractivity contribution in [1.29, 1.82) is 0 Å². The van der Waals surface area contributed by atoms with Crippen molar-refractivity contribution in [3.8, 4) is 0 Å². The van der Waals surface area contributed by atoms with Crippen LogP contribution in [0, 0.1) is 5.41 Å². The Balaban J connectivity index is 2.39. The number of amides is 1. The highest BCUT2D eigenvalue weighted by Crippen LogP contribution is 2.36. The van der Waals surface area contributed by atoms with Gasteiger partial charge in [-0.15, -0.1) is 0 Å². The second-order valence-corrected chi connectivity index (χ2v) is 5.97. The number of hydrogen-bond acceptors (Lipinski definition) is 4. The molecule has 0 aromatic heterocycles. The first kappa shape index (κ1) is 16.0. The molecule has 0 aromatic carbocycles. The summed E-state index contributed by atoms with van der Waals surface area (Å²) in [6.07, 6.45) is 4.43. The number of ether oxygens (including phenoxy) is 2. The van der Waals surface area contributed by atoms with Gasteiger partial charge in [0, 0.05) is 6.92 Å². The van der Waals surface area contributed by atoms with Crippen LogP contribution in [0.1, 0.15) is 46.5 Å². The topological polar surface area (TPSA) is 64.6 Å². The summed E-state index contributed by atoms with van der Waals surface area (Å²) in [5.74, 6) is -0.727. The Labute approximate surface area is 115 Å². The number of hydrogen-bond donors (Lipinski definition) is 1. The van der Waals surface area contributed by atoms with E-state index >= 15 is 0 Å². The highest BCUT2D eigenvalue weighted by Gasteiger charge is 2.29. The van der Waals surface area contributed by atoms with Crippen molar-refractivity contribution in [3.05, 3.63) is 0 Å². The molecule has 0 radical (unpaired) electrons. The third-order valence-corrected chi connectivity index (χ3v) is 3.65. The van der Waals surface area contributed by atoms with E-state index in [1.807, 2.05) is 0 Å². The number of carbonyl (C=O) groups is 2. The molecule has 1 fully saturated rings. The van der Waals surface area contributed by atoms with Crippen molar-refractivity contribution in [1.82, 2.24) is 5.32 Å². The zero-order chi connectivity index (χ0) is 14.5. The monoisotopic (exact) mass is 271 g/mol. The zero-order valence-corrected chi connectivity index (χ0v) is 12.3. The Morgan fingerprint density at radius 2 is 1.89 bits per heavy atom. The molecule has 1 aliphatic rings. The van der Waals surface area contributed by atoms with Crippen molar-refractivity contribution >= 4 is 11.9 Å². The van der Waals surface area contributed by atoms with Crippen LogP contribution in [-0.2, 0) is 19.1 Å². The van der Waals surface area contributed by atoms with E-state index in [0.29, 0.717) is 5.41 Å². The van der Waals surface area contributed by atoms with Gasteiger partial charge in [0.05, 0.1) is 19.8 Å². The third-order valence-electron chi connectivity index (χ3n) is 3.65. The van der Waals surface area contributed by atoms with Crippen molar-refractivity contribution in [2.75, 3.05) is 13.7 Å². The maximum Gasteiger partial charge on any atom is 0.330 e. The first-order chi connectivity index (χ1) is 8.84. The summed E-state index contributed by atoms with van der Waals surface area (Å²) in [6.45, 7) is 6.08. The molecule has 0 spiro atoms. The van der Waals surface area contributed by atoms with Gasteiger partial charge >= 0.3 is 5.97 Å². The smallest absolute Gasteiger partial charge is 0.330 e. The first-order valence-corrected chi connectivity index (χ1v) is 6.80. The van der Waals surface area contributed by atoms with Gasteiger partial charge in [-0.3, -0.25) is 4.79 Å². The number of esters is 1. The summed E-state index contributed by atoms with van der Waals surface area (Å²) in [6, 6.07) is -0.711. The van der Waals surface area contributed by atoms with E-state index in [4.69, 9.17) is 4.74 Å². The minimum Gasteiger partial charge on any atom is -0.467 e.